The summed E-state index contributed by atoms with van der Waals surface area (Å²) in [5, 5.41) is 19.8. The minimum atomic E-state index is 0.286. The summed E-state index contributed by atoms with van der Waals surface area (Å²) in [5.41, 5.74) is 3.42. The maximum atomic E-state index is 4.54. The van der Waals surface area contributed by atoms with Crippen LogP contribution in [-0.4, -0.2) is 37.0 Å². The number of rotatable bonds is 4. The molecule has 7 nitrogen and oxygen atoms in total. The molecule has 0 aliphatic rings. The second-order valence-corrected chi connectivity index (χ2v) is 4.45. The van der Waals surface area contributed by atoms with Crippen molar-refractivity contribution in [2.24, 2.45) is 7.05 Å². The Balaban J connectivity index is 2.29. The number of hydrogen-bond donors (Lipinski definition) is 1. The van der Waals surface area contributed by atoms with E-state index in [1.54, 1.807) is 7.05 Å². The molecule has 0 radical (unpaired) electrons. The first-order chi connectivity index (χ1) is 8.52. The van der Waals surface area contributed by atoms with Gasteiger partial charge in [0.2, 0.25) is 0 Å². The molecule has 2 heterocycles. The fourth-order valence-corrected chi connectivity index (χ4v) is 2.16. The van der Waals surface area contributed by atoms with Crippen molar-refractivity contribution in [2.75, 3.05) is 7.05 Å². The maximum Gasteiger partial charge on any atom is 0.196 e. The molecule has 7 heteroatoms. The standard InChI is InChI=1S/C11H19N7/c1-7(12-4)11-8(2)14-18(9(11)3)6-10-13-16-17(5)15-10/h7,12H,6H2,1-5H3. The van der Waals surface area contributed by atoms with Crippen LogP contribution in [0, 0.1) is 13.8 Å². The fourth-order valence-electron chi connectivity index (χ4n) is 2.16. The second-order valence-electron chi connectivity index (χ2n) is 4.45. The van der Waals surface area contributed by atoms with Gasteiger partial charge in [-0.15, -0.1) is 10.2 Å². The fraction of sp³-hybridized carbons (Fsp3) is 0.636. The van der Waals surface area contributed by atoms with Crippen LogP contribution in [0.3, 0.4) is 0 Å². The first kappa shape index (κ1) is 12.7. The number of hydrogen-bond acceptors (Lipinski definition) is 5. The lowest BCUT2D eigenvalue weighted by molar-refractivity contribution is 0.606. The SMILES string of the molecule is CNC(C)c1c(C)nn(Cc2nnn(C)n2)c1C. The molecule has 0 spiro atoms. The molecule has 2 aromatic heterocycles. The van der Waals surface area contributed by atoms with Crippen LogP contribution < -0.4 is 5.32 Å². The van der Waals surface area contributed by atoms with Gasteiger partial charge in [-0.25, -0.2) is 0 Å². The molecule has 0 aliphatic carbocycles. The molecule has 0 aliphatic heterocycles. The Morgan fingerprint density at radius 2 is 2.00 bits per heavy atom. The van der Waals surface area contributed by atoms with Crippen LogP contribution in [0.2, 0.25) is 0 Å². The molecule has 0 saturated carbocycles. The second kappa shape index (κ2) is 4.85. The average molecular weight is 249 g/mol. The normalized spacial score (nSPS) is 12.9. The molecule has 0 aromatic carbocycles. The summed E-state index contributed by atoms with van der Waals surface area (Å²) in [7, 11) is 3.71. The van der Waals surface area contributed by atoms with E-state index >= 15 is 0 Å². The summed E-state index contributed by atoms with van der Waals surface area (Å²) in [4.78, 5) is 1.46. The van der Waals surface area contributed by atoms with Gasteiger partial charge >= 0.3 is 0 Å². The predicted molar refractivity (Wildman–Crippen MR) is 67.1 cm³/mol. The number of nitrogens with zero attached hydrogens (tertiary/aromatic N) is 6. The largest absolute Gasteiger partial charge is 0.313 e. The zero-order chi connectivity index (χ0) is 13.3. The Kier molecular flexibility index (Phi) is 3.42. The summed E-state index contributed by atoms with van der Waals surface area (Å²) < 4.78 is 1.93. The predicted octanol–water partition coefficient (Wildman–Crippen LogP) is 0.352. The highest BCUT2D eigenvalue weighted by Gasteiger charge is 2.17. The van der Waals surface area contributed by atoms with E-state index in [4.69, 9.17) is 0 Å². The molecule has 98 valence electrons. The number of nitrogens with one attached hydrogen (secondary N) is 1. The average Bonchev–Trinajstić information content (AvgIpc) is 2.84. The van der Waals surface area contributed by atoms with E-state index in [1.807, 2.05) is 18.7 Å². The van der Waals surface area contributed by atoms with Crippen LogP contribution in [0.25, 0.3) is 0 Å². The first-order valence-corrected chi connectivity index (χ1v) is 5.97. The highest BCUT2D eigenvalue weighted by molar-refractivity contribution is 5.28. The van der Waals surface area contributed by atoms with Crippen LogP contribution in [0.15, 0.2) is 0 Å². The quantitative estimate of drug-likeness (QED) is 0.846. The summed E-state index contributed by atoms with van der Waals surface area (Å²) in [6.07, 6.45) is 0. The third kappa shape index (κ3) is 2.26. The lowest BCUT2D eigenvalue weighted by Gasteiger charge is -2.10. The topological polar surface area (TPSA) is 73.5 Å². The van der Waals surface area contributed by atoms with Crippen molar-refractivity contribution in [3.8, 4) is 0 Å². The molecule has 2 rings (SSSR count). The van der Waals surface area contributed by atoms with Gasteiger partial charge in [-0.2, -0.15) is 9.90 Å². The number of aryl methyl sites for hydroxylation is 2. The van der Waals surface area contributed by atoms with E-state index in [1.165, 1.54) is 10.4 Å². The van der Waals surface area contributed by atoms with Gasteiger partial charge in [0.1, 0.15) is 6.54 Å². The van der Waals surface area contributed by atoms with E-state index in [0.717, 1.165) is 11.4 Å². The zero-order valence-electron chi connectivity index (χ0n) is 11.5. The highest BCUT2D eigenvalue weighted by Crippen LogP contribution is 2.21. The minimum Gasteiger partial charge on any atom is -0.313 e. The zero-order valence-corrected chi connectivity index (χ0v) is 11.5. The maximum absolute atomic E-state index is 4.54. The Hall–Kier alpha value is -1.76. The smallest absolute Gasteiger partial charge is 0.196 e. The van der Waals surface area contributed by atoms with Gasteiger partial charge < -0.3 is 5.32 Å². The molecule has 0 fully saturated rings. The number of aromatic nitrogens is 6. The lowest BCUT2D eigenvalue weighted by Crippen LogP contribution is -2.14. The third-order valence-corrected chi connectivity index (χ3v) is 3.14. The van der Waals surface area contributed by atoms with Gasteiger partial charge in [0, 0.05) is 17.3 Å². The molecule has 0 saturated heterocycles. The van der Waals surface area contributed by atoms with Crippen molar-refractivity contribution in [3.63, 3.8) is 0 Å². The van der Waals surface area contributed by atoms with E-state index in [-0.39, 0.29) is 6.04 Å². The van der Waals surface area contributed by atoms with Gasteiger partial charge in [-0.3, -0.25) is 4.68 Å². The van der Waals surface area contributed by atoms with Gasteiger partial charge in [0.15, 0.2) is 5.82 Å². The lowest BCUT2D eigenvalue weighted by atomic mass is 10.1. The molecule has 2 aromatic rings. The Morgan fingerprint density at radius 1 is 1.28 bits per heavy atom. The van der Waals surface area contributed by atoms with Gasteiger partial charge in [-0.1, -0.05) is 0 Å². The van der Waals surface area contributed by atoms with Crippen molar-refractivity contribution in [1.82, 2.24) is 35.3 Å². The van der Waals surface area contributed by atoms with Crippen LogP contribution >= 0.6 is 0 Å². The number of tetrazole rings is 1. The molecular weight excluding hydrogens is 230 g/mol. The first-order valence-electron chi connectivity index (χ1n) is 5.97. The molecule has 1 atom stereocenters. The molecule has 0 amide bonds. The molecule has 0 bridgehead atoms. The van der Waals surface area contributed by atoms with E-state index in [2.05, 4.69) is 39.7 Å². The molecule has 18 heavy (non-hydrogen) atoms. The van der Waals surface area contributed by atoms with Crippen molar-refractivity contribution in [2.45, 2.75) is 33.4 Å². The van der Waals surface area contributed by atoms with Gasteiger partial charge in [-0.05, 0) is 33.0 Å². The van der Waals surface area contributed by atoms with Crippen molar-refractivity contribution in [1.29, 1.82) is 0 Å². The molecule has 1 unspecified atom stereocenters. The van der Waals surface area contributed by atoms with E-state index in [0.29, 0.717) is 12.4 Å². The molecular formula is C11H19N7. The summed E-state index contributed by atoms with van der Waals surface area (Å²) in [6, 6.07) is 0.286. The van der Waals surface area contributed by atoms with Crippen LogP contribution in [0.5, 0.6) is 0 Å². The molecule has 1 N–H and O–H groups in total. The van der Waals surface area contributed by atoms with Crippen molar-refractivity contribution >= 4 is 0 Å². The third-order valence-electron chi connectivity index (χ3n) is 3.14. The monoisotopic (exact) mass is 249 g/mol. The Bertz CT molecular complexity index is 540. The van der Waals surface area contributed by atoms with Crippen LogP contribution in [0.4, 0.5) is 0 Å². The van der Waals surface area contributed by atoms with E-state index in [9.17, 15) is 0 Å². The Morgan fingerprint density at radius 3 is 2.56 bits per heavy atom. The van der Waals surface area contributed by atoms with E-state index < -0.39 is 0 Å². The minimum absolute atomic E-state index is 0.286. The highest BCUT2D eigenvalue weighted by atomic mass is 15.6. The van der Waals surface area contributed by atoms with Gasteiger partial charge in [0.05, 0.1) is 12.7 Å². The summed E-state index contributed by atoms with van der Waals surface area (Å²) in [6.45, 7) is 6.77. The van der Waals surface area contributed by atoms with Gasteiger partial charge in [0.25, 0.3) is 0 Å². The summed E-state index contributed by atoms with van der Waals surface area (Å²) >= 11 is 0. The van der Waals surface area contributed by atoms with Crippen molar-refractivity contribution < 1.29 is 0 Å². The van der Waals surface area contributed by atoms with Crippen LogP contribution in [-0.2, 0) is 13.6 Å². The summed E-state index contributed by atoms with van der Waals surface area (Å²) in [5.74, 6) is 0.673. The van der Waals surface area contributed by atoms with Crippen LogP contribution in [0.1, 0.15) is 35.7 Å². The van der Waals surface area contributed by atoms with Crippen molar-refractivity contribution in [3.05, 3.63) is 22.8 Å². The Labute approximate surface area is 106 Å².